The van der Waals surface area contributed by atoms with E-state index in [1.54, 1.807) is 0 Å². The Balaban J connectivity index is 0.00000242. The van der Waals surface area contributed by atoms with Gasteiger partial charge in [-0.15, -0.1) is 12.4 Å². The van der Waals surface area contributed by atoms with Gasteiger partial charge in [0, 0.05) is 23.0 Å². The number of hydrogen-bond donors (Lipinski definition) is 1. The molecule has 1 fully saturated rings. The first-order valence-electron chi connectivity index (χ1n) is 7.09. The third-order valence-corrected chi connectivity index (χ3v) is 4.11. The second kappa shape index (κ2) is 7.66. The van der Waals surface area contributed by atoms with Crippen molar-refractivity contribution in [1.82, 2.24) is 5.32 Å². The minimum atomic E-state index is -0.270. The number of benzene rings is 1. The van der Waals surface area contributed by atoms with Crippen molar-refractivity contribution in [2.75, 3.05) is 13.7 Å². The van der Waals surface area contributed by atoms with E-state index in [4.69, 9.17) is 9.47 Å². The standard InChI is InChI=1S/C16H22BrNO3.ClH/c1-16(2,3)12-7-10(17)5-6-14(12)21-11-8-13(18-9-11)15(19)20-4;/h5-7,11,13,18H,8-9H2,1-4H3;1H/t11-,13-;/m0./s1. The summed E-state index contributed by atoms with van der Waals surface area (Å²) < 4.78 is 11.9. The van der Waals surface area contributed by atoms with Crippen LogP contribution in [-0.2, 0) is 14.9 Å². The zero-order valence-electron chi connectivity index (χ0n) is 13.3. The third kappa shape index (κ3) is 4.61. The van der Waals surface area contributed by atoms with Crippen LogP contribution < -0.4 is 10.1 Å². The van der Waals surface area contributed by atoms with Gasteiger partial charge in [-0.1, -0.05) is 36.7 Å². The van der Waals surface area contributed by atoms with E-state index in [1.165, 1.54) is 7.11 Å². The van der Waals surface area contributed by atoms with Gasteiger partial charge in [-0.2, -0.15) is 0 Å². The van der Waals surface area contributed by atoms with E-state index in [-0.39, 0.29) is 35.9 Å². The van der Waals surface area contributed by atoms with Crippen LogP contribution in [0.1, 0.15) is 32.8 Å². The zero-order valence-corrected chi connectivity index (χ0v) is 15.7. The summed E-state index contributed by atoms with van der Waals surface area (Å²) >= 11 is 3.51. The second-order valence-corrected chi connectivity index (χ2v) is 7.27. The van der Waals surface area contributed by atoms with E-state index in [0.29, 0.717) is 13.0 Å². The Kier molecular flexibility index (Phi) is 6.71. The van der Waals surface area contributed by atoms with Crippen molar-refractivity contribution >= 4 is 34.3 Å². The summed E-state index contributed by atoms with van der Waals surface area (Å²) in [5, 5.41) is 3.14. The number of carbonyl (C=O) groups excluding carboxylic acids is 1. The van der Waals surface area contributed by atoms with Crippen molar-refractivity contribution in [3.63, 3.8) is 0 Å². The van der Waals surface area contributed by atoms with Gasteiger partial charge in [0.25, 0.3) is 0 Å². The Hall–Kier alpha value is -0.780. The summed E-state index contributed by atoms with van der Waals surface area (Å²) in [5.74, 6) is 0.649. The van der Waals surface area contributed by atoms with Crippen molar-refractivity contribution in [1.29, 1.82) is 0 Å². The average Bonchev–Trinajstić information content (AvgIpc) is 2.87. The first-order chi connectivity index (χ1) is 9.81. The number of rotatable bonds is 3. The van der Waals surface area contributed by atoms with E-state index in [2.05, 4.69) is 48.1 Å². The Morgan fingerprint density at radius 3 is 2.64 bits per heavy atom. The van der Waals surface area contributed by atoms with Gasteiger partial charge in [0.1, 0.15) is 17.9 Å². The molecule has 124 valence electrons. The van der Waals surface area contributed by atoms with Gasteiger partial charge in [0.15, 0.2) is 0 Å². The van der Waals surface area contributed by atoms with Crippen LogP contribution in [0, 0.1) is 0 Å². The van der Waals surface area contributed by atoms with E-state index < -0.39 is 0 Å². The van der Waals surface area contributed by atoms with Crippen LogP contribution >= 0.6 is 28.3 Å². The van der Waals surface area contributed by atoms with Crippen LogP contribution in [0.2, 0.25) is 0 Å². The topological polar surface area (TPSA) is 47.6 Å². The second-order valence-electron chi connectivity index (χ2n) is 6.35. The smallest absolute Gasteiger partial charge is 0.323 e. The van der Waals surface area contributed by atoms with Gasteiger partial charge >= 0.3 is 5.97 Å². The van der Waals surface area contributed by atoms with Crippen molar-refractivity contribution in [2.24, 2.45) is 0 Å². The molecule has 6 heteroatoms. The van der Waals surface area contributed by atoms with Gasteiger partial charge in [-0.25, -0.2) is 0 Å². The number of halogens is 2. The molecule has 1 aromatic rings. The molecule has 1 aliphatic rings. The van der Waals surface area contributed by atoms with Crippen LogP contribution in [0.3, 0.4) is 0 Å². The Bertz CT molecular complexity index is 531. The van der Waals surface area contributed by atoms with Crippen molar-refractivity contribution < 1.29 is 14.3 Å². The Labute approximate surface area is 146 Å². The molecule has 1 aromatic carbocycles. The lowest BCUT2D eigenvalue weighted by Crippen LogP contribution is -2.31. The minimum Gasteiger partial charge on any atom is -0.489 e. The molecule has 2 atom stereocenters. The Morgan fingerprint density at radius 1 is 1.36 bits per heavy atom. The summed E-state index contributed by atoms with van der Waals surface area (Å²) in [4.78, 5) is 11.5. The van der Waals surface area contributed by atoms with Crippen molar-refractivity contribution in [2.45, 2.75) is 44.8 Å². The fraction of sp³-hybridized carbons (Fsp3) is 0.562. The third-order valence-electron chi connectivity index (χ3n) is 3.62. The number of esters is 1. The molecule has 22 heavy (non-hydrogen) atoms. The average molecular weight is 393 g/mol. The quantitative estimate of drug-likeness (QED) is 0.800. The molecule has 4 nitrogen and oxygen atoms in total. The van der Waals surface area contributed by atoms with Crippen LogP contribution in [0.4, 0.5) is 0 Å². The molecular weight excluding hydrogens is 370 g/mol. The van der Waals surface area contributed by atoms with E-state index in [9.17, 15) is 4.79 Å². The van der Waals surface area contributed by atoms with Gasteiger partial charge < -0.3 is 14.8 Å². The molecule has 0 saturated carbocycles. The lowest BCUT2D eigenvalue weighted by Gasteiger charge is -2.25. The summed E-state index contributed by atoms with van der Waals surface area (Å²) in [6, 6.07) is 5.78. The number of methoxy groups -OCH3 is 1. The molecule has 0 bridgehead atoms. The molecule has 0 radical (unpaired) electrons. The maximum Gasteiger partial charge on any atom is 0.323 e. The van der Waals surface area contributed by atoms with Crippen LogP contribution in [0.25, 0.3) is 0 Å². The normalized spacial score (nSPS) is 21.1. The molecule has 0 aliphatic carbocycles. The lowest BCUT2D eigenvalue weighted by molar-refractivity contribution is -0.142. The maximum absolute atomic E-state index is 11.5. The lowest BCUT2D eigenvalue weighted by atomic mass is 9.86. The molecule has 0 unspecified atom stereocenters. The highest BCUT2D eigenvalue weighted by Crippen LogP contribution is 2.34. The summed E-state index contributed by atoms with van der Waals surface area (Å²) in [6.45, 7) is 7.13. The predicted molar refractivity (Wildman–Crippen MR) is 92.9 cm³/mol. The molecular formula is C16H23BrClNO3. The molecule has 1 aliphatic heterocycles. The molecule has 0 aromatic heterocycles. The van der Waals surface area contributed by atoms with Crippen LogP contribution in [0.5, 0.6) is 5.75 Å². The molecule has 2 rings (SSSR count). The van der Waals surface area contributed by atoms with Crippen LogP contribution in [0.15, 0.2) is 22.7 Å². The van der Waals surface area contributed by atoms with E-state index >= 15 is 0 Å². The number of carbonyl (C=O) groups is 1. The predicted octanol–water partition coefficient (Wildman–Crippen LogP) is 3.45. The van der Waals surface area contributed by atoms with E-state index in [0.717, 1.165) is 15.8 Å². The Morgan fingerprint density at radius 2 is 2.05 bits per heavy atom. The maximum atomic E-state index is 11.5. The fourth-order valence-electron chi connectivity index (χ4n) is 2.49. The highest BCUT2D eigenvalue weighted by Gasteiger charge is 2.32. The summed E-state index contributed by atoms with van der Waals surface area (Å²) in [5.41, 5.74) is 1.14. The number of ether oxygens (including phenoxy) is 2. The van der Waals surface area contributed by atoms with Gasteiger partial charge in [0.05, 0.1) is 7.11 Å². The number of hydrogen-bond acceptors (Lipinski definition) is 4. The number of nitrogens with one attached hydrogen (secondary N) is 1. The molecule has 0 spiro atoms. The first kappa shape index (κ1) is 19.3. The molecule has 1 saturated heterocycles. The van der Waals surface area contributed by atoms with Crippen molar-refractivity contribution in [3.05, 3.63) is 28.2 Å². The summed E-state index contributed by atoms with van der Waals surface area (Å²) in [7, 11) is 1.41. The van der Waals surface area contributed by atoms with Crippen molar-refractivity contribution in [3.8, 4) is 5.75 Å². The largest absolute Gasteiger partial charge is 0.489 e. The molecule has 1 N–H and O–H groups in total. The summed E-state index contributed by atoms with van der Waals surface area (Å²) in [6.07, 6.45) is 0.614. The monoisotopic (exact) mass is 391 g/mol. The SMILES string of the molecule is COC(=O)[C@@H]1C[C@H](Oc2ccc(Br)cc2C(C)(C)C)CN1.Cl. The molecule has 1 heterocycles. The highest BCUT2D eigenvalue weighted by atomic mass is 79.9. The first-order valence-corrected chi connectivity index (χ1v) is 7.88. The zero-order chi connectivity index (χ0) is 15.6. The van der Waals surface area contributed by atoms with Crippen LogP contribution in [-0.4, -0.2) is 31.8 Å². The van der Waals surface area contributed by atoms with Gasteiger partial charge in [-0.05, 0) is 23.6 Å². The fourth-order valence-corrected chi connectivity index (χ4v) is 2.85. The minimum absolute atomic E-state index is 0. The van der Waals surface area contributed by atoms with E-state index in [1.807, 2.05) is 12.1 Å². The highest BCUT2D eigenvalue weighted by molar-refractivity contribution is 9.10. The van der Waals surface area contributed by atoms with Gasteiger partial charge in [0.2, 0.25) is 0 Å². The van der Waals surface area contributed by atoms with Gasteiger partial charge in [-0.3, -0.25) is 4.79 Å². The molecule has 0 amide bonds.